The average Bonchev–Trinajstić information content (AvgIpc) is 2.59. The van der Waals surface area contributed by atoms with E-state index in [-0.39, 0.29) is 12.0 Å². The van der Waals surface area contributed by atoms with Crippen molar-refractivity contribution in [1.82, 2.24) is 4.90 Å². The Bertz CT molecular complexity index is 811. The van der Waals surface area contributed by atoms with Gasteiger partial charge >= 0.3 is 11.9 Å². The van der Waals surface area contributed by atoms with Gasteiger partial charge in [0.15, 0.2) is 28.6 Å². The molecule has 1 heterocycles. The summed E-state index contributed by atoms with van der Waals surface area (Å²) >= 11 is -2.76. The van der Waals surface area contributed by atoms with E-state index in [1.54, 1.807) is 6.92 Å². The summed E-state index contributed by atoms with van der Waals surface area (Å²) in [5.41, 5.74) is -0.156. The van der Waals surface area contributed by atoms with E-state index in [1.807, 2.05) is 0 Å². The maximum absolute atomic E-state index is 12.1. The molecule has 1 aliphatic rings. The van der Waals surface area contributed by atoms with Crippen molar-refractivity contribution in [3.63, 3.8) is 0 Å². The molecule has 27 heavy (non-hydrogen) atoms. The number of benzene rings is 1. The van der Waals surface area contributed by atoms with Gasteiger partial charge in [-0.1, -0.05) is 0 Å². The normalized spacial score (nSPS) is 20.9. The zero-order valence-corrected chi connectivity index (χ0v) is 15.3. The Hall–Kier alpha value is -2.66. The molecule has 0 radical (unpaired) electrons. The zero-order valence-electron chi connectivity index (χ0n) is 14.5. The van der Waals surface area contributed by atoms with Gasteiger partial charge in [0.1, 0.15) is 11.4 Å². The van der Waals surface area contributed by atoms with Crippen molar-refractivity contribution in [2.24, 2.45) is 0 Å². The molecule has 1 aromatic rings. The fourth-order valence-electron chi connectivity index (χ4n) is 2.83. The number of carbonyl (C=O) groups is 3. The molecule has 0 spiro atoms. The highest BCUT2D eigenvalue weighted by molar-refractivity contribution is 7.80. The van der Waals surface area contributed by atoms with Gasteiger partial charge in [0.05, 0.1) is 5.56 Å². The fourth-order valence-corrected chi connectivity index (χ4v) is 3.40. The monoisotopic (exact) mass is 401 g/mol. The van der Waals surface area contributed by atoms with E-state index < -0.39 is 63.9 Å². The van der Waals surface area contributed by atoms with Gasteiger partial charge in [-0.25, -0.2) is 13.8 Å². The van der Waals surface area contributed by atoms with E-state index in [9.17, 15) is 38.5 Å². The molecule has 1 aromatic carbocycles. The number of amides is 1. The third kappa shape index (κ3) is 3.88. The van der Waals surface area contributed by atoms with Crippen LogP contribution in [0.15, 0.2) is 18.2 Å². The van der Waals surface area contributed by atoms with Crippen LogP contribution in [0.25, 0.3) is 0 Å². The number of nitrogens with zero attached hydrogens (tertiary/aromatic N) is 1. The number of hydrogen-bond acceptors (Lipinski definition) is 7. The molecular formula is C16H19NO9S. The topological polar surface area (TPSA) is 162 Å². The SMILES string of the molecule is C[C@@H]1CC(=O)N1[C@@H](C(=O)O)[C@](C)(COC(=O)c1ccc(O)c(O)c1)S(=O)O. The summed E-state index contributed by atoms with van der Waals surface area (Å²) in [6.07, 6.45) is 0.116. The highest BCUT2D eigenvalue weighted by Crippen LogP contribution is 2.32. The second-order valence-electron chi connectivity index (χ2n) is 6.44. The van der Waals surface area contributed by atoms with Gasteiger partial charge in [-0.15, -0.1) is 0 Å². The van der Waals surface area contributed by atoms with E-state index in [1.165, 1.54) is 0 Å². The van der Waals surface area contributed by atoms with Crippen LogP contribution < -0.4 is 0 Å². The number of carboxylic acids is 1. The van der Waals surface area contributed by atoms with Crippen LogP contribution in [-0.4, -0.2) is 70.3 Å². The van der Waals surface area contributed by atoms with Crippen molar-refractivity contribution in [3.8, 4) is 11.5 Å². The molecular weight excluding hydrogens is 382 g/mol. The first-order chi connectivity index (χ1) is 12.5. The van der Waals surface area contributed by atoms with Gasteiger partial charge in [-0.3, -0.25) is 4.79 Å². The Balaban J connectivity index is 2.25. The van der Waals surface area contributed by atoms with Crippen LogP contribution in [0.5, 0.6) is 11.5 Å². The van der Waals surface area contributed by atoms with Gasteiger partial charge in [-0.2, -0.15) is 0 Å². The molecule has 0 aromatic heterocycles. The van der Waals surface area contributed by atoms with Crippen LogP contribution in [0.2, 0.25) is 0 Å². The number of aliphatic carboxylic acids is 1. The number of hydrogen-bond donors (Lipinski definition) is 4. The Morgan fingerprint density at radius 1 is 1.37 bits per heavy atom. The summed E-state index contributed by atoms with van der Waals surface area (Å²) in [4.78, 5) is 36.7. The zero-order chi connectivity index (χ0) is 20.5. The molecule has 4 N–H and O–H groups in total. The summed E-state index contributed by atoms with van der Waals surface area (Å²) in [5.74, 6) is -4.01. The van der Waals surface area contributed by atoms with Gasteiger partial charge in [-0.05, 0) is 32.0 Å². The molecule has 1 aliphatic heterocycles. The largest absolute Gasteiger partial charge is 0.504 e. The van der Waals surface area contributed by atoms with Crippen LogP contribution in [0.4, 0.5) is 0 Å². The molecule has 4 atom stereocenters. The molecule has 1 fully saturated rings. The van der Waals surface area contributed by atoms with Crippen molar-refractivity contribution in [3.05, 3.63) is 23.8 Å². The number of phenols is 2. The molecule has 10 nitrogen and oxygen atoms in total. The predicted octanol–water partition coefficient (Wildman–Crippen LogP) is 0.309. The number of aromatic hydroxyl groups is 2. The number of carboxylic acid groups (broad SMARTS) is 1. The molecule has 1 amide bonds. The van der Waals surface area contributed by atoms with Crippen LogP contribution in [0, 0.1) is 0 Å². The lowest BCUT2D eigenvalue weighted by molar-refractivity contribution is -0.163. The Kier molecular flexibility index (Phi) is 5.76. The lowest BCUT2D eigenvalue weighted by Gasteiger charge is -2.47. The summed E-state index contributed by atoms with van der Waals surface area (Å²) in [6.45, 7) is 1.95. The first kappa shape index (κ1) is 20.6. The fraction of sp³-hybridized carbons (Fsp3) is 0.438. The van der Waals surface area contributed by atoms with E-state index in [0.29, 0.717) is 0 Å². The summed E-state index contributed by atoms with van der Waals surface area (Å²) in [5, 5.41) is 28.2. The van der Waals surface area contributed by atoms with E-state index in [2.05, 4.69) is 0 Å². The molecule has 0 bridgehead atoms. The van der Waals surface area contributed by atoms with Crippen LogP contribution in [0.3, 0.4) is 0 Å². The smallest absolute Gasteiger partial charge is 0.338 e. The number of ether oxygens (including phenoxy) is 1. The van der Waals surface area contributed by atoms with Crippen LogP contribution in [0.1, 0.15) is 30.6 Å². The third-order valence-corrected chi connectivity index (χ3v) is 5.56. The molecule has 1 saturated heterocycles. The number of carbonyl (C=O) groups excluding carboxylic acids is 2. The summed E-state index contributed by atoms with van der Waals surface area (Å²) in [7, 11) is 0. The minimum atomic E-state index is -2.76. The predicted molar refractivity (Wildman–Crippen MR) is 91.6 cm³/mol. The highest BCUT2D eigenvalue weighted by Gasteiger charge is 2.54. The maximum Gasteiger partial charge on any atom is 0.338 e. The maximum atomic E-state index is 12.1. The Morgan fingerprint density at radius 3 is 2.44 bits per heavy atom. The molecule has 0 saturated carbocycles. The van der Waals surface area contributed by atoms with Crippen LogP contribution >= 0.6 is 0 Å². The molecule has 11 heteroatoms. The van der Waals surface area contributed by atoms with Crippen molar-refractivity contribution in [2.75, 3.05) is 6.61 Å². The van der Waals surface area contributed by atoms with E-state index in [4.69, 9.17) is 4.74 Å². The summed E-state index contributed by atoms with van der Waals surface area (Å²) < 4.78 is 24.6. The number of β-lactam (4-membered cyclic amide) rings is 1. The molecule has 1 unspecified atom stereocenters. The van der Waals surface area contributed by atoms with Crippen LogP contribution in [-0.2, 0) is 25.4 Å². The average molecular weight is 401 g/mol. The molecule has 2 rings (SSSR count). The van der Waals surface area contributed by atoms with E-state index in [0.717, 1.165) is 30.0 Å². The van der Waals surface area contributed by atoms with Gasteiger partial charge in [0.25, 0.3) is 0 Å². The first-order valence-electron chi connectivity index (χ1n) is 7.83. The first-order valence-corrected chi connectivity index (χ1v) is 8.93. The molecule has 0 aliphatic carbocycles. The van der Waals surface area contributed by atoms with Gasteiger partial charge in [0.2, 0.25) is 5.91 Å². The number of rotatable bonds is 7. The third-order valence-electron chi connectivity index (χ3n) is 4.42. The van der Waals surface area contributed by atoms with Crippen molar-refractivity contribution < 1.29 is 43.2 Å². The second-order valence-corrected chi connectivity index (χ2v) is 7.87. The summed E-state index contributed by atoms with van der Waals surface area (Å²) in [6, 6.07) is 1.02. The second kappa shape index (κ2) is 7.53. The standard InChI is InChI=1S/C16H19NO9S/c1-8-5-12(20)17(8)13(14(21)22)16(2,27(24)25)7-26-15(23)9-3-4-10(18)11(19)6-9/h3-4,6,8,13,18-19H,5,7H2,1-2H3,(H,21,22)(H,24,25)/t8-,13+,16+/m1/s1. The van der Waals surface area contributed by atoms with Gasteiger partial charge in [0, 0.05) is 12.5 Å². The van der Waals surface area contributed by atoms with Crippen molar-refractivity contribution in [1.29, 1.82) is 0 Å². The lowest BCUT2D eigenvalue weighted by Crippen LogP contribution is -2.68. The Labute approximate surface area is 156 Å². The number of esters is 1. The highest BCUT2D eigenvalue weighted by atomic mass is 32.2. The quantitative estimate of drug-likeness (QED) is 0.218. The minimum Gasteiger partial charge on any atom is -0.504 e. The number of likely N-dealkylation sites (tertiary alicyclic amines) is 1. The van der Waals surface area contributed by atoms with Crippen molar-refractivity contribution in [2.45, 2.75) is 37.1 Å². The van der Waals surface area contributed by atoms with E-state index >= 15 is 0 Å². The Morgan fingerprint density at radius 2 is 2.00 bits per heavy atom. The lowest BCUT2D eigenvalue weighted by atomic mass is 9.92. The minimum absolute atomic E-state index is 0.116. The van der Waals surface area contributed by atoms with Gasteiger partial charge < -0.3 is 29.5 Å². The number of phenolic OH excluding ortho intramolecular Hbond substituents is 2. The molecule has 148 valence electrons. The van der Waals surface area contributed by atoms with Crippen molar-refractivity contribution >= 4 is 28.9 Å².